The molecule has 0 atom stereocenters. The van der Waals surface area contributed by atoms with Crippen molar-refractivity contribution in [2.75, 3.05) is 20.1 Å². The summed E-state index contributed by atoms with van der Waals surface area (Å²) in [5.41, 5.74) is 6.61. The average Bonchev–Trinajstić information content (AvgIpc) is 3.09. The number of rotatable bonds is 2. The lowest BCUT2D eigenvalue weighted by atomic mass is 9.92. The van der Waals surface area contributed by atoms with Gasteiger partial charge in [0.05, 0.1) is 11.0 Å². The maximum absolute atomic E-state index is 14.0. The molecular weight excluding hydrogens is 429 g/mol. The Labute approximate surface area is 197 Å². The van der Waals surface area contributed by atoms with Gasteiger partial charge in [0.2, 0.25) is 0 Å². The number of H-pyrrole nitrogens is 1. The molecule has 0 unspecified atom stereocenters. The number of nitrogens with zero attached hydrogens (tertiary/aromatic N) is 2. The number of benzene rings is 3. The summed E-state index contributed by atoms with van der Waals surface area (Å²) < 4.78 is 21.8. The van der Waals surface area contributed by atoms with Crippen LogP contribution in [0.3, 0.4) is 0 Å². The van der Waals surface area contributed by atoms with Crippen LogP contribution in [0, 0.1) is 5.82 Å². The molecule has 6 heteroatoms. The highest BCUT2D eigenvalue weighted by molar-refractivity contribution is 5.95. The van der Waals surface area contributed by atoms with Crippen LogP contribution >= 0.6 is 0 Å². The fourth-order valence-electron chi connectivity index (χ4n) is 5.22. The molecule has 0 bridgehead atoms. The van der Waals surface area contributed by atoms with Crippen LogP contribution in [0.2, 0.25) is 0 Å². The zero-order chi connectivity index (χ0) is 23.2. The molecule has 1 fully saturated rings. The van der Waals surface area contributed by atoms with E-state index in [9.17, 15) is 9.18 Å². The molecule has 2 aliphatic rings. The highest BCUT2D eigenvalue weighted by Crippen LogP contribution is 2.38. The zero-order valence-corrected chi connectivity index (χ0v) is 19.1. The first-order valence-corrected chi connectivity index (χ1v) is 11.7. The number of fused-ring (bicyclic) bond motifs is 3. The normalized spacial score (nSPS) is 17.9. The van der Waals surface area contributed by atoms with Gasteiger partial charge >= 0.3 is 5.69 Å². The van der Waals surface area contributed by atoms with E-state index >= 15 is 0 Å². The quantitative estimate of drug-likeness (QED) is 0.451. The minimum absolute atomic E-state index is 0.0524. The van der Waals surface area contributed by atoms with Crippen molar-refractivity contribution in [3.63, 3.8) is 0 Å². The Balaban J connectivity index is 1.46. The van der Waals surface area contributed by atoms with Crippen molar-refractivity contribution in [1.82, 2.24) is 14.5 Å². The summed E-state index contributed by atoms with van der Waals surface area (Å²) >= 11 is 0. The molecule has 3 heterocycles. The molecular formula is C28H26FN3O2. The lowest BCUT2D eigenvalue weighted by Crippen LogP contribution is -2.34. The molecule has 0 radical (unpaired) electrons. The number of hydrogen-bond acceptors (Lipinski definition) is 3. The van der Waals surface area contributed by atoms with E-state index < -0.39 is 0 Å². The van der Waals surface area contributed by atoms with Gasteiger partial charge in [-0.1, -0.05) is 30.3 Å². The Kier molecular flexibility index (Phi) is 5.11. The first-order chi connectivity index (χ1) is 16.6. The predicted octanol–water partition coefficient (Wildman–Crippen LogP) is 5.22. The van der Waals surface area contributed by atoms with Gasteiger partial charge in [-0.05, 0) is 85.6 Å². The standard InChI is InChI=1S/C28H26FN3O2/c1-31-12-10-21(11-13-31)32-26-9-6-18(15-25(26)30-28(32)33)14-24-22-5-3-2-4-19(22)17-34-27-16-20(29)7-8-23(24)27/h2-9,14-16,21H,10-13,17H2,1H3,(H,30,33). The van der Waals surface area contributed by atoms with E-state index in [-0.39, 0.29) is 17.5 Å². The van der Waals surface area contributed by atoms with Crippen molar-refractivity contribution in [2.24, 2.45) is 0 Å². The van der Waals surface area contributed by atoms with Crippen molar-refractivity contribution in [2.45, 2.75) is 25.5 Å². The Morgan fingerprint density at radius 3 is 2.71 bits per heavy atom. The summed E-state index contributed by atoms with van der Waals surface area (Å²) in [6.45, 7) is 2.38. The lowest BCUT2D eigenvalue weighted by Gasteiger charge is -2.29. The number of halogens is 1. The fraction of sp³-hybridized carbons (Fsp3) is 0.250. The number of hydrogen-bond donors (Lipinski definition) is 1. The van der Waals surface area contributed by atoms with Crippen molar-refractivity contribution >= 4 is 22.7 Å². The SMILES string of the molecule is CN1CCC(n2c(=O)[nH]c3cc(C=C4c5ccccc5COc5cc(F)ccc54)ccc32)CC1. The van der Waals surface area contributed by atoms with Crippen LogP contribution in [0.1, 0.15) is 41.1 Å². The first kappa shape index (κ1) is 20.9. The second-order valence-corrected chi connectivity index (χ2v) is 9.26. The molecule has 0 amide bonds. The molecule has 0 aliphatic carbocycles. The van der Waals surface area contributed by atoms with Crippen LogP contribution in [0.4, 0.5) is 4.39 Å². The number of imidazole rings is 1. The molecule has 0 saturated carbocycles. The highest BCUT2D eigenvalue weighted by atomic mass is 19.1. The third kappa shape index (κ3) is 3.64. The Morgan fingerprint density at radius 2 is 1.85 bits per heavy atom. The molecule has 0 spiro atoms. The van der Waals surface area contributed by atoms with E-state index in [1.807, 2.05) is 41.0 Å². The average molecular weight is 456 g/mol. The molecule has 6 rings (SSSR count). The number of ether oxygens (including phenoxy) is 1. The monoisotopic (exact) mass is 455 g/mol. The van der Waals surface area contributed by atoms with Gasteiger partial charge in [0.25, 0.3) is 0 Å². The van der Waals surface area contributed by atoms with Crippen LogP contribution in [-0.4, -0.2) is 34.6 Å². The van der Waals surface area contributed by atoms with Gasteiger partial charge in [-0.3, -0.25) is 4.57 Å². The van der Waals surface area contributed by atoms with Gasteiger partial charge in [0.15, 0.2) is 0 Å². The lowest BCUT2D eigenvalue weighted by molar-refractivity contribution is 0.221. The van der Waals surface area contributed by atoms with Crippen molar-refractivity contribution in [3.8, 4) is 5.75 Å². The third-order valence-corrected chi connectivity index (χ3v) is 7.03. The molecule has 172 valence electrons. The maximum Gasteiger partial charge on any atom is 0.326 e. The third-order valence-electron chi connectivity index (χ3n) is 7.03. The number of likely N-dealkylation sites (tertiary alicyclic amines) is 1. The van der Waals surface area contributed by atoms with Crippen LogP contribution in [0.25, 0.3) is 22.7 Å². The minimum Gasteiger partial charge on any atom is -0.488 e. The van der Waals surface area contributed by atoms with Gasteiger partial charge in [-0.15, -0.1) is 0 Å². The van der Waals surface area contributed by atoms with Crippen LogP contribution in [0.5, 0.6) is 5.75 Å². The highest BCUT2D eigenvalue weighted by Gasteiger charge is 2.23. The van der Waals surface area contributed by atoms with Crippen LogP contribution in [0.15, 0.2) is 65.5 Å². The Bertz CT molecular complexity index is 1470. The van der Waals surface area contributed by atoms with Gasteiger partial charge < -0.3 is 14.6 Å². The summed E-state index contributed by atoms with van der Waals surface area (Å²) in [6, 6.07) is 19.1. The van der Waals surface area contributed by atoms with Crippen LogP contribution < -0.4 is 10.4 Å². The number of aromatic nitrogens is 2. The zero-order valence-electron chi connectivity index (χ0n) is 19.1. The largest absolute Gasteiger partial charge is 0.488 e. The molecule has 5 nitrogen and oxygen atoms in total. The van der Waals surface area contributed by atoms with Crippen molar-refractivity contribution < 1.29 is 9.13 Å². The minimum atomic E-state index is -0.321. The summed E-state index contributed by atoms with van der Waals surface area (Å²) in [7, 11) is 2.12. The number of nitrogens with one attached hydrogen (secondary N) is 1. The van der Waals surface area contributed by atoms with E-state index in [0.717, 1.165) is 64.8 Å². The Hall–Kier alpha value is -3.64. The van der Waals surface area contributed by atoms with E-state index in [2.05, 4.69) is 29.1 Å². The molecule has 1 N–H and O–H groups in total. The van der Waals surface area contributed by atoms with E-state index in [1.165, 1.54) is 12.1 Å². The predicted molar refractivity (Wildman–Crippen MR) is 132 cm³/mol. The molecule has 3 aromatic carbocycles. The van der Waals surface area contributed by atoms with Gasteiger partial charge in [0, 0.05) is 17.7 Å². The Morgan fingerprint density at radius 1 is 1.03 bits per heavy atom. The molecule has 1 saturated heterocycles. The fourth-order valence-corrected chi connectivity index (χ4v) is 5.22. The second kappa shape index (κ2) is 8.29. The summed E-state index contributed by atoms with van der Waals surface area (Å²) in [5.74, 6) is 0.212. The second-order valence-electron chi connectivity index (χ2n) is 9.26. The van der Waals surface area contributed by atoms with E-state index in [0.29, 0.717) is 12.4 Å². The molecule has 2 aliphatic heterocycles. The summed E-state index contributed by atoms with van der Waals surface area (Å²) in [4.78, 5) is 18.2. The summed E-state index contributed by atoms with van der Waals surface area (Å²) in [5, 5.41) is 0. The topological polar surface area (TPSA) is 50.3 Å². The first-order valence-electron chi connectivity index (χ1n) is 11.7. The van der Waals surface area contributed by atoms with Gasteiger partial charge in [-0.2, -0.15) is 0 Å². The molecule has 4 aromatic rings. The van der Waals surface area contributed by atoms with Crippen molar-refractivity contribution in [1.29, 1.82) is 0 Å². The van der Waals surface area contributed by atoms with E-state index in [4.69, 9.17) is 4.74 Å². The molecule has 34 heavy (non-hydrogen) atoms. The summed E-state index contributed by atoms with van der Waals surface area (Å²) in [6.07, 6.45) is 4.04. The van der Waals surface area contributed by atoms with Crippen LogP contribution in [-0.2, 0) is 6.61 Å². The molecule has 1 aromatic heterocycles. The van der Waals surface area contributed by atoms with Gasteiger partial charge in [0.1, 0.15) is 18.2 Å². The number of piperidine rings is 1. The number of aromatic amines is 1. The maximum atomic E-state index is 14.0. The smallest absolute Gasteiger partial charge is 0.326 e. The van der Waals surface area contributed by atoms with Gasteiger partial charge in [-0.25, -0.2) is 9.18 Å². The van der Waals surface area contributed by atoms with Crippen molar-refractivity contribution in [3.05, 3.63) is 99.2 Å². The van der Waals surface area contributed by atoms with E-state index in [1.54, 1.807) is 6.07 Å².